The van der Waals surface area contributed by atoms with E-state index in [-0.39, 0.29) is 0 Å². The Morgan fingerprint density at radius 3 is 2.93 bits per heavy atom. The number of nitrogens with zero attached hydrogens (tertiary/aromatic N) is 3. The molecule has 1 N–H and O–H groups in total. The summed E-state index contributed by atoms with van der Waals surface area (Å²) in [6.07, 6.45) is 9.51. The van der Waals surface area contributed by atoms with E-state index in [9.17, 15) is 4.79 Å². The first-order valence-corrected chi connectivity index (χ1v) is 11.4. The number of hydrogen-bond donors (Lipinski definition) is 1. The fourth-order valence-corrected chi connectivity index (χ4v) is 6.73. The second-order valence-electron chi connectivity index (χ2n) is 9.39. The number of piperidine rings is 1. The maximum absolute atomic E-state index is 12.2. The highest BCUT2D eigenvalue weighted by Gasteiger charge is 2.66. The van der Waals surface area contributed by atoms with Crippen LogP contribution < -0.4 is 5.32 Å². The summed E-state index contributed by atoms with van der Waals surface area (Å²) in [4.78, 5) is 19.4. The number of hydrogen-bond acceptors (Lipinski definition) is 6. The van der Waals surface area contributed by atoms with Crippen molar-refractivity contribution in [3.63, 3.8) is 0 Å². The normalized spacial score (nSPS) is 36.1. The molecule has 6 rings (SSSR count). The minimum absolute atomic E-state index is 0.298. The predicted octanol–water partition coefficient (Wildman–Crippen LogP) is 4.24. The predicted molar refractivity (Wildman–Crippen MR) is 111 cm³/mol. The number of Topliss-reactive ketones (excluding diaryl/α,β-unsaturated/α-hetero) is 1. The van der Waals surface area contributed by atoms with Gasteiger partial charge in [0.2, 0.25) is 5.76 Å². The second-order valence-corrected chi connectivity index (χ2v) is 10.2. The molecular formula is C22H23BrN4O2. The Balaban J connectivity index is 1.12. The van der Waals surface area contributed by atoms with Crippen molar-refractivity contribution in [1.82, 2.24) is 9.88 Å². The topological polar surface area (TPSA) is 82.2 Å². The number of nitrogens with one attached hydrogen (secondary N) is 1. The van der Waals surface area contributed by atoms with Crippen LogP contribution in [0.5, 0.6) is 0 Å². The molecule has 4 aliphatic rings. The van der Waals surface area contributed by atoms with E-state index >= 15 is 0 Å². The van der Waals surface area contributed by atoms with Crippen LogP contribution in [0.25, 0.3) is 11.0 Å². The van der Waals surface area contributed by atoms with Crippen LogP contribution >= 0.6 is 15.9 Å². The monoisotopic (exact) mass is 454 g/mol. The van der Waals surface area contributed by atoms with Crippen molar-refractivity contribution in [2.45, 2.75) is 63.1 Å². The third-order valence-corrected chi connectivity index (χ3v) is 8.55. The van der Waals surface area contributed by atoms with Crippen molar-refractivity contribution >= 4 is 38.5 Å². The Morgan fingerprint density at radius 1 is 1.31 bits per heavy atom. The number of pyridine rings is 1. The molecule has 1 unspecified atom stereocenters. The quantitative estimate of drug-likeness (QED) is 0.746. The highest BCUT2D eigenvalue weighted by atomic mass is 79.9. The zero-order valence-corrected chi connectivity index (χ0v) is 17.7. The Labute approximate surface area is 177 Å². The van der Waals surface area contributed by atoms with Gasteiger partial charge in [0, 0.05) is 48.5 Å². The molecule has 1 aliphatic heterocycles. The van der Waals surface area contributed by atoms with Crippen molar-refractivity contribution in [2.24, 2.45) is 11.3 Å². The third kappa shape index (κ3) is 2.76. The second kappa shape index (κ2) is 6.29. The molecule has 3 saturated carbocycles. The van der Waals surface area contributed by atoms with Crippen molar-refractivity contribution in [3.05, 3.63) is 22.5 Å². The summed E-state index contributed by atoms with van der Waals surface area (Å²) in [5, 5.41) is 13.5. The number of rotatable bonds is 3. The lowest BCUT2D eigenvalue weighted by molar-refractivity contribution is -0.121. The molecule has 3 atom stereocenters. The minimum Gasteiger partial charge on any atom is -0.444 e. The Bertz CT molecular complexity index is 1050. The molecule has 0 aromatic carbocycles. The van der Waals surface area contributed by atoms with E-state index in [2.05, 4.69) is 31.1 Å². The fraction of sp³-hybridized carbons (Fsp3) is 0.591. The molecule has 1 saturated heterocycles. The van der Waals surface area contributed by atoms with E-state index in [0.29, 0.717) is 46.6 Å². The molecule has 150 valence electrons. The van der Waals surface area contributed by atoms with Crippen LogP contribution in [0, 0.1) is 22.7 Å². The summed E-state index contributed by atoms with van der Waals surface area (Å²) in [7, 11) is 0. The number of furan rings is 1. The van der Waals surface area contributed by atoms with Gasteiger partial charge in [-0.3, -0.25) is 9.69 Å². The van der Waals surface area contributed by atoms with Crippen molar-refractivity contribution in [3.8, 4) is 6.07 Å². The maximum atomic E-state index is 12.2. The van der Waals surface area contributed by atoms with Crippen molar-refractivity contribution in [2.75, 3.05) is 11.9 Å². The number of ketones is 1. The molecule has 3 heterocycles. The highest BCUT2D eigenvalue weighted by molar-refractivity contribution is 9.10. The number of halogens is 1. The molecule has 7 heteroatoms. The number of carbonyl (C=O) groups excluding carboxylic acids is 1. The van der Waals surface area contributed by atoms with E-state index in [0.717, 1.165) is 47.9 Å². The average molecular weight is 455 g/mol. The molecule has 29 heavy (non-hydrogen) atoms. The van der Waals surface area contributed by atoms with Gasteiger partial charge in [-0.1, -0.05) is 0 Å². The molecule has 2 bridgehead atoms. The SMILES string of the molecule is N#Cc1cc2c(Br)c(NC3CCC(N4C[C@H]5CC6(CC5=O)C[C@@H]46)CC3)ncc2o1. The number of nitriles is 1. The summed E-state index contributed by atoms with van der Waals surface area (Å²) < 4.78 is 6.31. The molecule has 2 aromatic heterocycles. The molecular weight excluding hydrogens is 432 g/mol. The summed E-state index contributed by atoms with van der Waals surface area (Å²) in [6, 6.07) is 5.48. The molecule has 6 nitrogen and oxygen atoms in total. The van der Waals surface area contributed by atoms with Crippen LogP contribution in [0.2, 0.25) is 0 Å². The summed E-state index contributed by atoms with van der Waals surface area (Å²) in [6.45, 7) is 1.000. The first-order chi connectivity index (χ1) is 14.1. The number of anilines is 1. The van der Waals surface area contributed by atoms with Crippen molar-refractivity contribution in [1.29, 1.82) is 5.26 Å². The molecule has 4 fully saturated rings. The fourth-order valence-electron chi connectivity index (χ4n) is 6.21. The van der Waals surface area contributed by atoms with E-state index in [1.165, 1.54) is 19.3 Å². The van der Waals surface area contributed by atoms with E-state index in [1.54, 1.807) is 12.3 Å². The van der Waals surface area contributed by atoms with Crippen LogP contribution in [0.4, 0.5) is 5.82 Å². The van der Waals surface area contributed by atoms with Gasteiger partial charge in [0.15, 0.2) is 5.58 Å². The van der Waals surface area contributed by atoms with Gasteiger partial charge in [0.05, 0.1) is 10.7 Å². The standard InChI is InChI=1S/C22H23BrN4O2/c23-20-16-5-15(9-24)29-18(16)10-25-21(20)26-13-1-3-14(4-2-13)27-11-12-6-22(7-17(12)28)8-19(22)27/h5,10,12-14,19H,1-4,6-8,11H2,(H,25,26)/t12-,13?,14?,19-,22?/m1/s1. The number of fused-ring (bicyclic) bond motifs is 2. The Hall–Kier alpha value is -1.91. The van der Waals surface area contributed by atoms with Gasteiger partial charge in [-0.05, 0) is 59.9 Å². The van der Waals surface area contributed by atoms with Crippen molar-refractivity contribution < 1.29 is 9.21 Å². The van der Waals surface area contributed by atoms with E-state index in [1.807, 2.05) is 6.07 Å². The molecule has 2 aromatic rings. The van der Waals surface area contributed by atoms with Crippen LogP contribution in [-0.2, 0) is 4.79 Å². The summed E-state index contributed by atoms with van der Waals surface area (Å²) in [5.41, 5.74) is 0.988. The summed E-state index contributed by atoms with van der Waals surface area (Å²) in [5.74, 6) is 1.95. The lowest BCUT2D eigenvalue weighted by atomic mass is 9.87. The highest BCUT2D eigenvalue weighted by Crippen LogP contribution is 2.64. The van der Waals surface area contributed by atoms with Gasteiger partial charge < -0.3 is 9.73 Å². The first-order valence-electron chi connectivity index (χ1n) is 10.6. The lowest BCUT2D eigenvalue weighted by Gasteiger charge is -2.41. The lowest BCUT2D eigenvalue weighted by Crippen LogP contribution is -2.47. The zero-order valence-electron chi connectivity index (χ0n) is 16.2. The molecule has 3 aliphatic carbocycles. The maximum Gasteiger partial charge on any atom is 0.204 e. The third-order valence-electron chi connectivity index (χ3n) is 7.75. The number of aromatic nitrogens is 1. The van der Waals surface area contributed by atoms with Crippen LogP contribution in [-0.4, -0.2) is 40.3 Å². The zero-order chi connectivity index (χ0) is 19.8. The molecule has 0 amide bonds. The average Bonchev–Trinajstić information content (AvgIpc) is 3.16. The van der Waals surface area contributed by atoms with Gasteiger partial charge >= 0.3 is 0 Å². The minimum atomic E-state index is 0.298. The van der Waals surface area contributed by atoms with Gasteiger partial charge in [0.25, 0.3) is 0 Å². The van der Waals surface area contributed by atoms with Gasteiger partial charge in [0.1, 0.15) is 17.7 Å². The Morgan fingerprint density at radius 2 is 2.14 bits per heavy atom. The van der Waals surface area contributed by atoms with Crippen LogP contribution in [0.15, 0.2) is 21.2 Å². The number of carbonyl (C=O) groups is 1. The molecule has 1 spiro atoms. The first kappa shape index (κ1) is 17.9. The van der Waals surface area contributed by atoms with Gasteiger partial charge in [-0.2, -0.15) is 5.26 Å². The van der Waals surface area contributed by atoms with Gasteiger partial charge in [-0.25, -0.2) is 4.98 Å². The van der Waals surface area contributed by atoms with Crippen LogP contribution in [0.3, 0.4) is 0 Å². The van der Waals surface area contributed by atoms with Crippen LogP contribution in [0.1, 0.15) is 50.7 Å². The van der Waals surface area contributed by atoms with E-state index in [4.69, 9.17) is 9.68 Å². The van der Waals surface area contributed by atoms with E-state index < -0.39 is 0 Å². The smallest absolute Gasteiger partial charge is 0.204 e. The Kier molecular flexibility index (Phi) is 3.89. The van der Waals surface area contributed by atoms with Gasteiger partial charge in [-0.15, -0.1) is 0 Å². The number of likely N-dealkylation sites (tertiary alicyclic amines) is 1. The molecule has 0 radical (unpaired) electrons. The largest absolute Gasteiger partial charge is 0.444 e. The summed E-state index contributed by atoms with van der Waals surface area (Å²) >= 11 is 3.63.